The van der Waals surface area contributed by atoms with Crippen LogP contribution in [0.2, 0.25) is 0 Å². The van der Waals surface area contributed by atoms with E-state index in [2.05, 4.69) is 26.2 Å². The van der Waals surface area contributed by atoms with Crippen LogP contribution in [0.1, 0.15) is 18.0 Å². The molecule has 5 nitrogen and oxygen atoms in total. The first-order valence-corrected chi connectivity index (χ1v) is 9.85. The van der Waals surface area contributed by atoms with Crippen molar-refractivity contribution in [3.05, 3.63) is 64.5 Å². The Morgan fingerprint density at radius 2 is 1.87 bits per heavy atom. The minimum Gasteiger partial charge on any atom is -0.301 e. The summed E-state index contributed by atoms with van der Waals surface area (Å²) in [6.07, 6.45) is -2.92. The van der Waals surface area contributed by atoms with Crippen LogP contribution in [0.15, 0.2) is 53.1 Å². The van der Waals surface area contributed by atoms with Gasteiger partial charge in [-0.2, -0.15) is 13.2 Å². The molecule has 0 fully saturated rings. The van der Waals surface area contributed by atoms with Crippen molar-refractivity contribution < 1.29 is 22.4 Å². The largest absolute Gasteiger partial charge is 0.406 e. The summed E-state index contributed by atoms with van der Waals surface area (Å²) in [4.78, 5) is 13.7. The number of halogens is 5. The maximum absolute atomic E-state index is 14.3. The number of carbonyl (C=O) groups is 1. The molecule has 0 aliphatic carbocycles. The average molecular weight is 483 g/mol. The number of benzene rings is 2. The zero-order chi connectivity index (χ0) is 21.5. The second kappa shape index (κ2) is 7.82. The standard InChI is InChI=1S/C20H15BrF4N4O/c21-13-6-4-12(5-7-13)16-10-29(27-26-16)18-9-8-14-15(22)2-1-3-17(14)28(19(18)30)11-20(23,24)25/h1-7,10,18H,8-9,11H2/t18-/m0/s1. The van der Waals surface area contributed by atoms with E-state index in [1.807, 2.05) is 12.1 Å². The summed E-state index contributed by atoms with van der Waals surface area (Å²) < 4.78 is 56.1. The number of fused-ring (bicyclic) bond motifs is 1. The smallest absolute Gasteiger partial charge is 0.301 e. The Hall–Kier alpha value is -2.75. The van der Waals surface area contributed by atoms with Crippen LogP contribution in [0.25, 0.3) is 11.3 Å². The minimum atomic E-state index is -4.64. The lowest BCUT2D eigenvalue weighted by Gasteiger charge is -2.26. The lowest BCUT2D eigenvalue weighted by molar-refractivity contribution is -0.134. The Kier molecular flexibility index (Phi) is 5.35. The van der Waals surface area contributed by atoms with Crippen LogP contribution < -0.4 is 4.90 Å². The number of amides is 1. The molecule has 1 atom stereocenters. The highest BCUT2D eigenvalue weighted by Crippen LogP contribution is 2.35. The normalized spacial score (nSPS) is 17.0. The predicted octanol–water partition coefficient (Wildman–Crippen LogP) is 4.93. The molecule has 1 aliphatic rings. The molecule has 1 aromatic heterocycles. The van der Waals surface area contributed by atoms with E-state index >= 15 is 0 Å². The van der Waals surface area contributed by atoms with E-state index in [-0.39, 0.29) is 24.1 Å². The number of aromatic nitrogens is 3. The molecule has 3 aromatic rings. The van der Waals surface area contributed by atoms with E-state index in [1.54, 1.807) is 12.1 Å². The molecule has 0 saturated heterocycles. The monoisotopic (exact) mass is 482 g/mol. The second-order valence-corrected chi connectivity index (χ2v) is 7.84. The molecular formula is C20H15BrF4N4O. The lowest BCUT2D eigenvalue weighted by Crippen LogP contribution is -2.42. The van der Waals surface area contributed by atoms with Crippen LogP contribution in [0.4, 0.5) is 23.2 Å². The van der Waals surface area contributed by atoms with Gasteiger partial charge in [-0.25, -0.2) is 9.07 Å². The van der Waals surface area contributed by atoms with Gasteiger partial charge in [-0.05, 0) is 37.1 Å². The van der Waals surface area contributed by atoms with Crippen molar-refractivity contribution in [1.82, 2.24) is 15.0 Å². The SMILES string of the molecule is O=C1[C@@H](n2cc(-c3ccc(Br)cc3)nn2)CCc2c(F)cccc2N1CC(F)(F)F. The van der Waals surface area contributed by atoms with E-state index < -0.39 is 30.5 Å². The van der Waals surface area contributed by atoms with Gasteiger partial charge in [0.25, 0.3) is 5.91 Å². The van der Waals surface area contributed by atoms with Gasteiger partial charge in [0.2, 0.25) is 0 Å². The van der Waals surface area contributed by atoms with Crippen LogP contribution in [0, 0.1) is 5.82 Å². The molecule has 2 heterocycles. The van der Waals surface area contributed by atoms with E-state index in [4.69, 9.17) is 0 Å². The summed E-state index contributed by atoms with van der Waals surface area (Å²) in [5.74, 6) is -1.44. The van der Waals surface area contributed by atoms with Crippen LogP contribution >= 0.6 is 15.9 Å². The topological polar surface area (TPSA) is 51.0 Å². The van der Waals surface area contributed by atoms with Crippen molar-refractivity contribution in [2.24, 2.45) is 0 Å². The fourth-order valence-electron chi connectivity index (χ4n) is 3.52. The highest BCUT2D eigenvalue weighted by atomic mass is 79.9. The third-order valence-corrected chi connectivity index (χ3v) is 5.44. The van der Waals surface area contributed by atoms with Crippen LogP contribution in [0.3, 0.4) is 0 Å². The lowest BCUT2D eigenvalue weighted by atomic mass is 10.1. The zero-order valence-electron chi connectivity index (χ0n) is 15.4. The Bertz CT molecular complexity index is 1080. The first kappa shape index (κ1) is 20.5. The van der Waals surface area contributed by atoms with Gasteiger partial charge in [0.1, 0.15) is 24.1 Å². The van der Waals surface area contributed by atoms with Crippen molar-refractivity contribution in [2.45, 2.75) is 25.1 Å². The van der Waals surface area contributed by atoms with E-state index in [0.29, 0.717) is 10.6 Å². The molecule has 0 N–H and O–H groups in total. The first-order valence-electron chi connectivity index (χ1n) is 9.06. The first-order chi connectivity index (χ1) is 14.2. The van der Waals surface area contributed by atoms with Gasteiger partial charge in [-0.1, -0.05) is 39.3 Å². The van der Waals surface area contributed by atoms with Gasteiger partial charge in [-0.15, -0.1) is 5.10 Å². The number of hydrogen-bond acceptors (Lipinski definition) is 3. The number of carbonyl (C=O) groups excluding carboxylic acids is 1. The molecule has 4 rings (SSSR count). The number of alkyl halides is 3. The quantitative estimate of drug-likeness (QED) is 0.497. The van der Waals surface area contributed by atoms with Gasteiger partial charge in [0.05, 0.1) is 11.9 Å². The zero-order valence-corrected chi connectivity index (χ0v) is 17.0. The molecule has 0 unspecified atom stereocenters. The van der Waals surface area contributed by atoms with E-state index in [0.717, 1.165) is 10.0 Å². The number of hydrogen-bond donors (Lipinski definition) is 0. The predicted molar refractivity (Wildman–Crippen MR) is 105 cm³/mol. The van der Waals surface area contributed by atoms with Gasteiger partial charge in [0.15, 0.2) is 0 Å². The summed E-state index contributed by atoms with van der Waals surface area (Å²) in [6.45, 7) is -1.51. The van der Waals surface area contributed by atoms with Gasteiger partial charge < -0.3 is 4.90 Å². The average Bonchev–Trinajstić information content (AvgIpc) is 3.12. The summed E-state index contributed by atoms with van der Waals surface area (Å²) in [7, 11) is 0. The molecule has 1 aliphatic heterocycles. The second-order valence-electron chi connectivity index (χ2n) is 6.92. The molecule has 0 spiro atoms. The van der Waals surface area contributed by atoms with Gasteiger partial charge >= 0.3 is 6.18 Å². The van der Waals surface area contributed by atoms with Crippen molar-refractivity contribution in [3.8, 4) is 11.3 Å². The van der Waals surface area contributed by atoms with Crippen LogP contribution in [-0.4, -0.2) is 33.6 Å². The molecule has 0 bridgehead atoms. The fraction of sp³-hybridized carbons (Fsp3) is 0.250. The van der Waals surface area contributed by atoms with E-state index in [9.17, 15) is 22.4 Å². The van der Waals surface area contributed by atoms with Crippen LogP contribution in [0.5, 0.6) is 0 Å². The number of rotatable bonds is 3. The third kappa shape index (κ3) is 4.09. The number of nitrogens with zero attached hydrogens (tertiary/aromatic N) is 4. The summed E-state index contributed by atoms with van der Waals surface area (Å²) in [5.41, 5.74) is 1.25. The van der Waals surface area contributed by atoms with Crippen LogP contribution in [-0.2, 0) is 11.2 Å². The maximum Gasteiger partial charge on any atom is 0.406 e. The van der Waals surface area contributed by atoms with Gasteiger partial charge in [0, 0.05) is 15.6 Å². The number of anilines is 1. The van der Waals surface area contributed by atoms with E-state index in [1.165, 1.54) is 29.1 Å². The Morgan fingerprint density at radius 3 is 2.57 bits per heavy atom. The molecular weight excluding hydrogens is 468 g/mol. The Balaban J connectivity index is 1.71. The van der Waals surface area contributed by atoms with Crippen molar-refractivity contribution in [1.29, 1.82) is 0 Å². The van der Waals surface area contributed by atoms with Crippen molar-refractivity contribution in [2.75, 3.05) is 11.4 Å². The third-order valence-electron chi connectivity index (χ3n) is 4.91. The Labute approximate surface area is 177 Å². The molecule has 156 valence electrons. The highest BCUT2D eigenvalue weighted by Gasteiger charge is 2.40. The molecule has 30 heavy (non-hydrogen) atoms. The molecule has 0 radical (unpaired) electrons. The minimum absolute atomic E-state index is 0.0620. The molecule has 10 heteroatoms. The van der Waals surface area contributed by atoms with Gasteiger partial charge in [-0.3, -0.25) is 4.79 Å². The highest BCUT2D eigenvalue weighted by molar-refractivity contribution is 9.10. The summed E-state index contributed by atoms with van der Waals surface area (Å²) in [6, 6.07) is 10.0. The maximum atomic E-state index is 14.3. The fourth-order valence-corrected chi connectivity index (χ4v) is 3.78. The van der Waals surface area contributed by atoms with Crippen molar-refractivity contribution >= 4 is 27.5 Å². The van der Waals surface area contributed by atoms with Crippen molar-refractivity contribution in [3.63, 3.8) is 0 Å². The summed E-state index contributed by atoms with van der Waals surface area (Å²) in [5, 5.41) is 8.03. The molecule has 2 aromatic carbocycles. The molecule has 1 amide bonds. The summed E-state index contributed by atoms with van der Waals surface area (Å²) >= 11 is 3.34. The molecule has 0 saturated carbocycles. The Morgan fingerprint density at radius 1 is 1.13 bits per heavy atom.